The van der Waals surface area contributed by atoms with Crippen LogP contribution >= 0.6 is 11.6 Å². The van der Waals surface area contributed by atoms with E-state index >= 15 is 0 Å². The number of nitrogens with two attached hydrogens (primary N) is 1. The van der Waals surface area contributed by atoms with Crippen molar-refractivity contribution in [3.63, 3.8) is 0 Å². The molecule has 2 amide bonds. The second kappa shape index (κ2) is 11.9. The first-order valence-corrected chi connectivity index (χ1v) is 13.0. The fraction of sp³-hybridized carbons (Fsp3) is 0.107. The van der Waals surface area contributed by atoms with Crippen LogP contribution in [0, 0.1) is 11.3 Å². The van der Waals surface area contributed by atoms with E-state index in [1.165, 1.54) is 41.2 Å². The second-order valence-corrected chi connectivity index (χ2v) is 9.64. The van der Waals surface area contributed by atoms with Gasteiger partial charge in [0.15, 0.2) is 5.69 Å². The van der Waals surface area contributed by atoms with Crippen LogP contribution in [-0.4, -0.2) is 30.5 Å². The molecule has 3 heterocycles. The minimum Gasteiger partial charge on any atom is -0.382 e. The van der Waals surface area contributed by atoms with Gasteiger partial charge in [-0.25, -0.2) is 24.7 Å². The molecular formula is C28H20ClF3N10O2. The lowest BCUT2D eigenvalue weighted by molar-refractivity contribution is -0.140. The summed E-state index contributed by atoms with van der Waals surface area (Å²) in [5.74, 6) is 0.247. The van der Waals surface area contributed by atoms with Gasteiger partial charge in [-0.15, -0.1) is 0 Å². The van der Waals surface area contributed by atoms with Crippen LogP contribution in [0.5, 0.6) is 0 Å². The van der Waals surface area contributed by atoms with Gasteiger partial charge in [0.25, 0.3) is 5.56 Å². The quantitative estimate of drug-likeness (QED) is 0.190. The summed E-state index contributed by atoms with van der Waals surface area (Å²) in [5, 5.41) is 17.5. The van der Waals surface area contributed by atoms with E-state index in [1.54, 1.807) is 25.1 Å². The van der Waals surface area contributed by atoms with Crippen molar-refractivity contribution in [2.45, 2.75) is 19.1 Å². The van der Waals surface area contributed by atoms with Crippen molar-refractivity contribution in [1.29, 1.82) is 5.26 Å². The maximum absolute atomic E-state index is 13.9. The van der Waals surface area contributed by atoms with Gasteiger partial charge in [0.1, 0.15) is 35.4 Å². The van der Waals surface area contributed by atoms with Crippen LogP contribution in [0.1, 0.15) is 30.0 Å². The van der Waals surface area contributed by atoms with Crippen molar-refractivity contribution in [2.75, 3.05) is 21.7 Å². The zero-order chi connectivity index (χ0) is 31.6. The maximum atomic E-state index is 13.9. The number of carbonyl (C=O) groups excluding carboxylic acids is 1. The van der Waals surface area contributed by atoms with Crippen LogP contribution < -0.4 is 27.2 Å². The minimum atomic E-state index is -4.79. The predicted octanol–water partition coefficient (Wildman–Crippen LogP) is 5.51. The molecule has 0 radical (unpaired) electrons. The number of benzene rings is 2. The third-order valence-electron chi connectivity index (χ3n) is 6.29. The summed E-state index contributed by atoms with van der Waals surface area (Å²) in [6.07, 6.45) is -2.65. The number of halogens is 4. The molecule has 222 valence electrons. The van der Waals surface area contributed by atoms with Gasteiger partial charge in [-0.3, -0.25) is 9.36 Å². The van der Waals surface area contributed by atoms with Crippen molar-refractivity contribution in [1.82, 2.24) is 24.5 Å². The van der Waals surface area contributed by atoms with Gasteiger partial charge in [0, 0.05) is 11.9 Å². The number of nitrogen functional groups attached to an aromatic ring is 1. The monoisotopic (exact) mass is 620 g/mol. The third kappa shape index (κ3) is 5.92. The third-order valence-corrected chi connectivity index (χ3v) is 6.60. The number of urea groups is 1. The fourth-order valence-electron chi connectivity index (χ4n) is 4.37. The van der Waals surface area contributed by atoms with Crippen molar-refractivity contribution in [3.05, 3.63) is 99.6 Å². The molecule has 0 fully saturated rings. The molecule has 44 heavy (non-hydrogen) atoms. The summed E-state index contributed by atoms with van der Waals surface area (Å²) >= 11 is 6.38. The molecule has 0 aliphatic heterocycles. The molecule has 5 N–H and O–H groups in total. The van der Waals surface area contributed by atoms with Crippen LogP contribution in [0.25, 0.3) is 16.6 Å². The lowest BCUT2D eigenvalue weighted by atomic mass is 10.2. The number of hydrogen-bond acceptors (Lipinski definition) is 9. The van der Waals surface area contributed by atoms with Gasteiger partial charge in [-0.05, 0) is 49.4 Å². The average Bonchev–Trinajstić information content (AvgIpc) is 2.97. The van der Waals surface area contributed by atoms with Gasteiger partial charge in [-0.2, -0.15) is 18.4 Å². The van der Waals surface area contributed by atoms with E-state index in [4.69, 9.17) is 17.3 Å². The zero-order valence-corrected chi connectivity index (χ0v) is 23.3. The van der Waals surface area contributed by atoms with E-state index in [0.717, 1.165) is 12.3 Å². The molecule has 1 atom stereocenters. The molecule has 3 aromatic heterocycles. The molecule has 0 aliphatic rings. The number of fused-ring (bicyclic) bond motifs is 1. The van der Waals surface area contributed by atoms with Crippen LogP contribution in [0.2, 0.25) is 5.02 Å². The Morgan fingerprint density at radius 3 is 2.61 bits per heavy atom. The van der Waals surface area contributed by atoms with Crippen molar-refractivity contribution in [3.8, 4) is 11.8 Å². The van der Waals surface area contributed by atoms with Crippen molar-refractivity contribution >= 4 is 51.5 Å². The number of carbonyl (C=O) groups is 1. The average molecular weight is 621 g/mol. The standard InChI is InChI=1S/C28H20ClF3N10O2/c1-14(38-24-17(12-33)23(34)36-13-37-24)25-40-19-8-3-7-18(29)21(19)26(43)42(25)16-6-2-5-15(11-16)39-27(44)41-20-9-4-10-35-22(20)28(30,31)32/h2-11,13-14H,1H3,(H2,39,41,44)(H3,34,36,37,38)/t14-/m0/s1. The van der Waals surface area contributed by atoms with E-state index in [-0.39, 0.29) is 44.8 Å². The number of nitriles is 1. The Bertz CT molecular complexity index is 2010. The van der Waals surface area contributed by atoms with Gasteiger partial charge in [0.2, 0.25) is 0 Å². The van der Waals surface area contributed by atoms with Gasteiger partial charge < -0.3 is 21.7 Å². The Hall–Kier alpha value is -5.75. The first-order chi connectivity index (χ1) is 21.0. The van der Waals surface area contributed by atoms with Crippen molar-refractivity contribution < 1.29 is 18.0 Å². The SMILES string of the molecule is C[C@H](Nc1ncnc(N)c1C#N)c1nc2cccc(Cl)c2c(=O)n1-c1cccc(NC(=O)Nc2cccnc2C(F)(F)F)c1. The molecule has 12 nitrogen and oxygen atoms in total. The zero-order valence-electron chi connectivity index (χ0n) is 22.5. The first-order valence-electron chi connectivity index (χ1n) is 12.7. The van der Waals surface area contributed by atoms with Crippen molar-refractivity contribution in [2.24, 2.45) is 0 Å². The molecule has 0 saturated carbocycles. The van der Waals surface area contributed by atoms with E-state index in [1.807, 2.05) is 6.07 Å². The highest BCUT2D eigenvalue weighted by Gasteiger charge is 2.35. The predicted molar refractivity (Wildman–Crippen MR) is 157 cm³/mol. The Morgan fingerprint density at radius 2 is 1.86 bits per heavy atom. The molecule has 0 aliphatic carbocycles. The molecular weight excluding hydrogens is 601 g/mol. The molecule has 0 bridgehead atoms. The Labute approximate surface area is 251 Å². The number of nitrogens with one attached hydrogen (secondary N) is 3. The molecule has 0 spiro atoms. The number of rotatable bonds is 6. The topological polar surface area (TPSA) is 177 Å². The summed E-state index contributed by atoms with van der Waals surface area (Å²) in [6.45, 7) is 1.68. The highest BCUT2D eigenvalue weighted by Crippen LogP contribution is 2.33. The number of nitrogens with zero attached hydrogens (tertiary/aromatic N) is 6. The number of aromatic nitrogens is 5. The number of anilines is 4. The highest BCUT2D eigenvalue weighted by molar-refractivity contribution is 6.35. The van der Waals surface area contributed by atoms with Crippen LogP contribution in [0.3, 0.4) is 0 Å². The smallest absolute Gasteiger partial charge is 0.382 e. The largest absolute Gasteiger partial charge is 0.435 e. The Balaban J connectivity index is 1.55. The van der Waals surface area contributed by atoms with Gasteiger partial charge in [-0.1, -0.05) is 23.7 Å². The normalized spacial score (nSPS) is 11.9. The molecule has 0 unspecified atom stereocenters. The number of hydrogen-bond donors (Lipinski definition) is 4. The first kappa shape index (κ1) is 29.7. The minimum absolute atomic E-state index is 0.00316. The molecule has 5 aromatic rings. The molecule has 16 heteroatoms. The van der Waals surface area contributed by atoms with E-state index in [9.17, 15) is 28.0 Å². The molecule has 2 aromatic carbocycles. The van der Waals surface area contributed by atoms with Gasteiger partial charge >= 0.3 is 12.2 Å². The number of amides is 2. The lowest BCUT2D eigenvalue weighted by Gasteiger charge is -2.21. The molecule has 5 rings (SSSR count). The lowest BCUT2D eigenvalue weighted by Crippen LogP contribution is -2.28. The molecule has 0 saturated heterocycles. The Morgan fingerprint density at radius 1 is 1.09 bits per heavy atom. The second-order valence-electron chi connectivity index (χ2n) is 9.23. The Kier molecular flexibility index (Phi) is 8.01. The highest BCUT2D eigenvalue weighted by atomic mass is 35.5. The summed E-state index contributed by atoms with van der Waals surface area (Å²) in [6, 6.07) is 13.3. The van der Waals surface area contributed by atoms with Crippen LogP contribution in [0.4, 0.5) is 41.0 Å². The van der Waals surface area contributed by atoms with E-state index < -0.39 is 35.2 Å². The van der Waals surface area contributed by atoms with Crippen LogP contribution in [-0.2, 0) is 6.18 Å². The summed E-state index contributed by atoms with van der Waals surface area (Å²) in [7, 11) is 0. The summed E-state index contributed by atoms with van der Waals surface area (Å²) in [4.78, 5) is 42.5. The van der Waals surface area contributed by atoms with Gasteiger partial charge in [0.05, 0.1) is 33.3 Å². The number of pyridine rings is 1. The van der Waals surface area contributed by atoms with Crippen LogP contribution in [0.15, 0.2) is 71.9 Å². The van der Waals surface area contributed by atoms with E-state index in [2.05, 4.69) is 35.9 Å². The van der Waals surface area contributed by atoms with E-state index in [0.29, 0.717) is 5.52 Å². The summed E-state index contributed by atoms with van der Waals surface area (Å²) < 4.78 is 41.2. The maximum Gasteiger partial charge on any atom is 0.435 e. The number of alkyl halides is 3. The summed E-state index contributed by atoms with van der Waals surface area (Å²) in [5.41, 5.74) is 4.16. The fourth-order valence-corrected chi connectivity index (χ4v) is 4.63.